The summed E-state index contributed by atoms with van der Waals surface area (Å²) in [7, 11) is 0. The van der Waals surface area contributed by atoms with Crippen molar-refractivity contribution in [2.75, 3.05) is 0 Å². The van der Waals surface area contributed by atoms with Crippen molar-refractivity contribution in [1.82, 2.24) is 0 Å². The molecule has 0 heterocycles. The van der Waals surface area contributed by atoms with Gasteiger partial charge in [-0.1, -0.05) is 24.3 Å². The van der Waals surface area contributed by atoms with Gasteiger partial charge in [-0.25, -0.2) is 13.2 Å². The third-order valence-electron chi connectivity index (χ3n) is 4.40. The van der Waals surface area contributed by atoms with Gasteiger partial charge in [0.2, 0.25) is 0 Å². The van der Waals surface area contributed by atoms with Crippen molar-refractivity contribution < 1.29 is 18.3 Å². The van der Waals surface area contributed by atoms with Crippen LogP contribution in [-0.2, 0) is 0 Å². The van der Waals surface area contributed by atoms with Crippen LogP contribution in [0.3, 0.4) is 0 Å². The Morgan fingerprint density at radius 3 is 1.86 bits per heavy atom. The zero-order valence-electron chi connectivity index (χ0n) is 12.0. The van der Waals surface area contributed by atoms with Gasteiger partial charge in [0.05, 0.1) is 6.10 Å². The highest BCUT2D eigenvalue weighted by molar-refractivity contribution is 5.64. The lowest BCUT2D eigenvalue weighted by Crippen LogP contribution is -2.16. The van der Waals surface area contributed by atoms with Gasteiger partial charge in [-0.15, -0.1) is 0 Å². The third kappa shape index (κ3) is 3.02. The fourth-order valence-corrected chi connectivity index (χ4v) is 3.08. The Kier molecular flexibility index (Phi) is 4.21. The Balaban J connectivity index is 1.82. The van der Waals surface area contributed by atoms with E-state index >= 15 is 0 Å². The maximum atomic E-state index is 13.3. The molecule has 116 valence electrons. The third-order valence-corrected chi connectivity index (χ3v) is 4.40. The molecule has 1 saturated carbocycles. The van der Waals surface area contributed by atoms with Crippen LogP contribution < -0.4 is 0 Å². The number of benzene rings is 2. The number of hydrogen-bond donors (Lipinski definition) is 1. The summed E-state index contributed by atoms with van der Waals surface area (Å²) in [6.45, 7) is 0. The molecule has 4 heteroatoms. The molecular weight excluding hydrogens is 289 g/mol. The van der Waals surface area contributed by atoms with Crippen LogP contribution in [0.1, 0.15) is 37.2 Å². The molecule has 2 aromatic rings. The van der Waals surface area contributed by atoms with Gasteiger partial charge in [-0.05, 0) is 60.4 Å². The van der Waals surface area contributed by atoms with Gasteiger partial charge in [0.1, 0.15) is 0 Å². The normalized spacial score (nSPS) is 21.8. The summed E-state index contributed by atoms with van der Waals surface area (Å²) in [6, 6.07) is 9.49. The number of rotatable bonds is 2. The first-order valence-corrected chi connectivity index (χ1v) is 7.47. The Bertz CT molecular complexity index is 636. The van der Waals surface area contributed by atoms with Crippen molar-refractivity contribution in [3.8, 4) is 11.1 Å². The van der Waals surface area contributed by atoms with E-state index in [0.29, 0.717) is 17.0 Å². The first-order chi connectivity index (χ1) is 10.5. The Labute approximate surface area is 127 Å². The summed E-state index contributed by atoms with van der Waals surface area (Å²) in [6.07, 6.45) is 3.31. The molecule has 0 saturated heterocycles. The average Bonchev–Trinajstić information content (AvgIpc) is 2.53. The van der Waals surface area contributed by atoms with E-state index in [-0.39, 0.29) is 6.10 Å². The highest BCUT2D eigenvalue weighted by Gasteiger charge is 2.20. The molecular formula is C18H17F3O. The highest BCUT2D eigenvalue weighted by atomic mass is 19.2. The summed E-state index contributed by atoms with van der Waals surface area (Å²) in [5.74, 6) is -3.39. The maximum Gasteiger partial charge on any atom is 0.194 e. The van der Waals surface area contributed by atoms with Crippen LogP contribution >= 0.6 is 0 Å². The van der Waals surface area contributed by atoms with Crippen molar-refractivity contribution in [2.24, 2.45) is 0 Å². The first kappa shape index (κ1) is 15.1. The minimum Gasteiger partial charge on any atom is -0.393 e. The molecule has 0 aliphatic heterocycles. The first-order valence-electron chi connectivity index (χ1n) is 7.47. The van der Waals surface area contributed by atoms with Gasteiger partial charge < -0.3 is 5.11 Å². The van der Waals surface area contributed by atoms with E-state index in [1.54, 1.807) is 12.1 Å². The van der Waals surface area contributed by atoms with Crippen LogP contribution in [0.15, 0.2) is 36.4 Å². The van der Waals surface area contributed by atoms with Crippen LogP contribution in [0.2, 0.25) is 0 Å². The molecule has 22 heavy (non-hydrogen) atoms. The molecule has 1 aliphatic rings. The predicted octanol–water partition coefficient (Wildman–Crippen LogP) is 4.79. The summed E-state index contributed by atoms with van der Waals surface area (Å²) in [4.78, 5) is 0. The predicted molar refractivity (Wildman–Crippen MR) is 79.0 cm³/mol. The van der Waals surface area contributed by atoms with Gasteiger partial charge in [0, 0.05) is 0 Å². The topological polar surface area (TPSA) is 20.2 Å². The maximum absolute atomic E-state index is 13.3. The lowest BCUT2D eigenvalue weighted by Gasteiger charge is -2.25. The van der Waals surface area contributed by atoms with Crippen LogP contribution in [0, 0.1) is 17.5 Å². The fraction of sp³-hybridized carbons (Fsp3) is 0.333. The van der Waals surface area contributed by atoms with Crippen LogP contribution in [0.5, 0.6) is 0 Å². The largest absolute Gasteiger partial charge is 0.393 e. The van der Waals surface area contributed by atoms with E-state index in [1.165, 1.54) is 5.56 Å². The summed E-state index contributed by atoms with van der Waals surface area (Å²) < 4.78 is 39.6. The van der Waals surface area contributed by atoms with Crippen molar-refractivity contribution in [3.63, 3.8) is 0 Å². The van der Waals surface area contributed by atoms with Gasteiger partial charge in [-0.2, -0.15) is 0 Å². The summed E-state index contributed by atoms with van der Waals surface area (Å²) >= 11 is 0. The molecule has 0 bridgehead atoms. The van der Waals surface area contributed by atoms with Crippen molar-refractivity contribution in [3.05, 3.63) is 59.4 Å². The van der Waals surface area contributed by atoms with E-state index < -0.39 is 17.5 Å². The molecule has 0 radical (unpaired) electrons. The molecule has 0 aromatic heterocycles. The minimum atomic E-state index is -1.44. The molecule has 0 unspecified atom stereocenters. The van der Waals surface area contributed by atoms with Crippen molar-refractivity contribution in [1.29, 1.82) is 0 Å². The fourth-order valence-electron chi connectivity index (χ4n) is 3.08. The molecule has 1 aliphatic carbocycles. The average molecular weight is 306 g/mol. The second-order valence-electron chi connectivity index (χ2n) is 5.88. The van der Waals surface area contributed by atoms with E-state index in [2.05, 4.69) is 0 Å². The van der Waals surface area contributed by atoms with Gasteiger partial charge >= 0.3 is 0 Å². The molecule has 1 fully saturated rings. The van der Waals surface area contributed by atoms with Gasteiger partial charge in [-0.3, -0.25) is 0 Å². The number of aliphatic hydroxyl groups is 1. The monoisotopic (exact) mass is 306 g/mol. The zero-order chi connectivity index (χ0) is 15.7. The number of halogens is 3. The zero-order valence-corrected chi connectivity index (χ0v) is 12.0. The van der Waals surface area contributed by atoms with Gasteiger partial charge in [0.15, 0.2) is 17.5 Å². The van der Waals surface area contributed by atoms with Crippen LogP contribution in [0.4, 0.5) is 13.2 Å². The molecule has 0 atom stereocenters. The summed E-state index contributed by atoms with van der Waals surface area (Å²) in [5, 5.41) is 9.54. The molecule has 0 amide bonds. The lowest BCUT2D eigenvalue weighted by molar-refractivity contribution is 0.122. The molecule has 2 aromatic carbocycles. The van der Waals surface area contributed by atoms with Crippen molar-refractivity contribution in [2.45, 2.75) is 37.7 Å². The molecule has 1 N–H and O–H groups in total. The van der Waals surface area contributed by atoms with Gasteiger partial charge in [0.25, 0.3) is 0 Å². The van der Waals surface area contributed by atoms with Crippen LogP contribution in [0.25, 0.3) is 11.1 Å². The number of aliphatic hydroxyl groups excluding tert-OH is 1. The Hall–Kier alpha value is -1.81. The standard InChI is InChI=1S/C18H17F3O/c19-16-9-14(10-17(20)18(16)21)13-3-1-11(2-4-13)12-5-7-15(22)8-6-12/h1-4,9-10,12,15,22H,5-8H2. The Morgan fingerprint density at radius 2 is 1.32 bits per heavy atom. The van der Waals surface area contributed by atoms with E-state index in [4.69, 9.17) is 0 Å². The number of hydrogen-bond acceptors (Lipinski definition) is 1. The van der Waals surface area contributed by atoms with Crippen molar-refractivity contribution >= 4 is 0 Å². The minimum absolute atomic E-state index is 0.194. The van der Waals surface area contributed by atoms with E-state index in [1.807, 2.05) is 12.1 Å². The highest BCUT2D eigenvalue weighted by Crippen LogP contribution is 2.34. The van der Waals surface area contributed by atoms with E-state index in [0.717, 1.165) is 37.8 Å². The SMILES string of the molecule is OC1CCC(c2ccc(-c3cc(F)c(F)c(F)c3)cc2)CC1. The molecule has 1 nitrogen and oxygen atoms in total. The second kappa shape index (κ2) is 6.13. The Morgan fingerprint density at radius 1 is 0.773 bits per heavy atom. The quantitative estimate of drug-likeness (QED) is 0.791. The lowest BCUT2D eigenvalue weighted by atomic mass is 9.82. The smallest absolute Gasteiger partial charge is 0.194 e. The van der Waals surface area contributed by atoms with Crippen LogP contribution in [-0.4, -0.2) is 11.2 Å². The second-order valence-corrected chi connectivity index (χ2v) is 5.88. The van der Waals surface area contributed by atoms with E-state index in [9.17, 15) is 18.3 Å². The summed E-state index contributed by atoms with van der Waals surface area (Å²) in [5.41, 5.74) is 2.14. The molecule has 3 rings (SSSR count). The molecule has 0 spiro atoms.